The van der Waals surface area contributed by atoms with E-state index in [1.165, 1.54) is 19.0 Å². The molecule has 1 aliphatic heterocycles. The van der Waals surface area contributed by atoms with Crippen LogP contribution in [0.25, 0.3) is 5.76 Å². The van der Waals surface area contributed by atoms with Crippen molar-refractivity contribution in [3.63, 3.8) is 0 Å². The van der Waals surface area contributed by atoms with Gasteiger partial charge in [-0.05, 0) is 58.8 Å². The molecule has 1 aromatic carbocycles. The summed E-state index contributed by atoms with van der Waals surface area (Å²) in [6.45, 7) is 1.49. The first-order valence-corrected chi connectivity index (χ1v) is 13.0. The SMILES string of the molecule is CN(C)C1C(=O)C(C(N)=O)=C(O)C2(O)C(=O)C3=C(O)c4c(O)c(NC(=O)CN5CCCC5)cc(F)c4CC3CC12.Cl.Cl. The first-order chi connectivity index (χ1) is 18.8. The second-order valence-electron chi connectivity index (χ2n) is 11.1. The number of amides is 2. The van der Waals surface area contributed by atoms with Gasteiger partial charge in [-0.25, -0.2) is 4.39 Å². The van der Waals surface area contributed by atoms with Gasteiger partial charge in [0.05, 0.1) is 23.8 Å². The Labute approximate surface area is 252 Å². The third-order valence-electron chi connectivity index (χ3n) is 8.51. The number of primary amides is 1. The molecule has 2 fully saturated rings. The number of carbonyl (C=O) groups is 4. The van der Waals surface area contributed by atoms with E-state index in [4.69, 9.17) is 5.73 Å². The van der Waals surface area contributed by atoms with Crippen LogP contribution < -0.4 is 11.1 Å². The van der Waals surface area contributed by atoms with Gasteiger partial charge in [0.2, 0.25) is 11.7 Å². The maximum Gasteiger partial charge on any atom is 0.255 e. The Kier molecular flexibility index (Phi) is 9.35. The van der Waals surface area contributed by atoms with E-state index in [1.54, 1.807) is 0 Å². The molecule has 4 unspecified atom stereocenters. The number of phenols is 1. The number of phenolic OH excluding ortho intramolecular Hbond substituents is 1. The van der Waals surface area contributed by atoms with Crippen molar-refractivity contribution in [2.45, 2.75) is 37.3 Å². The number of likely N-dealkylation sites (N-methyl/N-ethyl adjacent to an activating group) is 1. The van der Waals surface area contributed by atoms with Crippen molar-refractivity contribution in [1.29, 1.82) is 0 Å². The number of nitrogens with one attached hydrogen (secondary N) is 1. The number of hydrogen-bond donors (Lipinski definition) is 6. The predicted molar refractivity (Wildman–Crippen MR) is 153 cm³/mol. The smallest absolute Gasteiger partial charge is 0.255 e. The van der Waals surface area contributed by atoms with E-state index < -0.39 is 86.7 Å². The molecule has 230 valence electrons. The molecule has 15 heteroatoms. The zero-order valence-corrected chi connectivity index (χ0v) is 24.5. The number of aliphatic hydroxyl groups is 3. The summed E-state index contributed by atoms with van der Waals surface area (Å²) in [7, 11) is 2.98. The highest BCUT2D eigenvalue weighted by Gasteiger charge is 2.64. The lowest BCUT2D eigenvalue weighted by Crippen LogP contribution is -2.65. The molecule has 1 aromatic rings. The summed E-state index contributed by atoms with van der Waals surface area (Å²) < 4.78 is 15.4. The van der Waals surface area contributed by atoms with Gasteiger partial charge in [0.15, 0.2) is 17.1 Å². The number of ketones is 2. The standard InChI is InChI=1S/C27H31FN4O8.2ClH/c1-31(2)20-13-8-11-7-12-14(28)9-15(30-16(33)10-32-5-3-4-6-32)21(34)18(12)22(35)17(11)24(37)27(13,40)25(38)19(23(20)36)26(29)39;;/h9,11,13,20,34-35,38,40H,3-8,10H2,1-2H3,(H2,29,39)(H,30,33);2*1H. The van der Waals surface area contributed by atoms with Gasteiger partial charge in [0.25, 0.3) is 5.91 Å². The second-order valence-corrected chi connectivity index (χ2v) is 11.1. The summed E-state index contributed by atoms with van der Waals surface area (Å²) in [5.41, 5.74) is 0.362. The van der Waals surface area contributed by atoms with E-state index in [-0.39, 0.29) is 55.5 Å². The highest BCUT2D eigenvalue weighted by molar-refractivity contribution is 6.24. The van der Waals surface area contributed by atoms with Crippen LogP contribution in [0.3, 0.4) is 0 Å². The molecule has 1 heterocycles. The van der Waals surface area contributed by atoms with Crippen LogP contribution in [-0.2, 0) is 25.6 Å². The van der Waals surface area contributed by atoms with E-state index in [0.29, 0.717) is 0 Å². The largest absolute Gasteiger partial charge is 0.508 e. The fourth-order valence-electron chi connectivity index (χ4n) is 6.69. The lowest BCUT2D eigenvalue weighted by molar-refractivity contribution is -0.153. The van der Waals surface area contributed by atoms with Gasteiger partial charge < -0.3 is 31.5 Å². The van der Waals surface area contributed by atoms with Crippen LogP contribution in [0.4, 0.5) is 10.1 Å². The molecule has 1 saturated carbocycles. The highest BCUT2D eigenvalue weighted by Crippen LogP contribution is 2.53. The van der Waals surface area contributed by atoms with Gasteiger partial charge in [-0.2, -0.15) is 0 Å². The van der Waals surface area contributed by atoms with E-state index >= 15 is 4.39 Å². The fourth-order valence-corrected chi connectivity index (χ4v) is 6.69. The Morgan fingerprint density at radius 3 is 2.36 bits per heavy atom. The van der Waals surface area contributed by atoms with Gasteiger partial charge in [0, 0.05) is 23.1 Å². The zero-order valence-electron chi connectivity index (χ0n) is 22.8. The van der Waals surface area contributed by atoms with Crippen LogP contribution in [-0.4, -0.2) is 99.0 Å². The Balaban J connectivity index is 0.00000242. The van der Waals surface area contributed by atoms with Crippen molar-refractivity contribution < 1.29 is 44.0 Å². The molecular formula is C27H33Cl2FN4O8. The van der Waals surface area contributed by atoms with Crippen molar-refractivity contribution in [3.8, 4) is 5.75 Å². The minimum absolute atomic E-state index is 0. The minimum Gasteiger partial charge on any atom is -0.508 e. The molecule has 5 rings (SSSR count). The number of hydrogen-bond acceptors (Lipinski definition) is 10. The first-order valence-electron chi connectivity index (χ1n) is 13.0. The molecular weight excluding hydrogens is 598 g/mol. The van der Waals surface area contributed by atoms with Crippen LogP contribution in [0.2, 0.25) is 0 Å². The Morgan fingerprint density at radius 1 is 1.17 bits per heavy atom. The number of nitrogens with two attached hydrogens (primary N) is 1. The second kappa shape index (κ2) is 11.8. The number of likely N-dealkylation sites (tertiary alicyclic amines) is 1. The number of rotatable bonds is 5. The Hall–Kier alpha value is -3.23. The van der Waals surface area contributed by atoms with Crippen LogP contribution in [0.5, 0.6) is 5.75 Å². The summed E-state index contributed by atoms with van der Waals surface area (Å²) in [4.78, 5) is 54.8. The molecule has 0 bridgehead atoms. The highest BCUT2D eigenvalue weighted by atomic mass is 35.5. The van der Waals surface area contributed by atoms with Crippen LogP contribution in [0.15, 0.2) is 23.0 Å². The molecule has 2 amide bonds. The normalized spacial score (nSPS) is 27.1. The Morgan fingerprint density at radius 2 is 1.79 bits per heavy atom. The number of aromatic hydroxyl groups is 1. The minimum atomic E-state index is -2.79. The summed E-state index contributed by atoms with van der Waals surface area (Å²) in [5, 5.41) is 47.2. The molecule has 1 saturated heterocycles. The van der Waals surface area contributed by atoms with Crippen molar-refractivity contribution in [2.24, 2.45) is 17.6 Å². The molecule has 12 nitrogen and oxygen atoms in total. The van der Waals surface area contributed by atoms with Crippen molar-refractivity contribution in [3.05, 3.63) is 39.9 Å². The topological polar surface area (TPSA) is 194 Å². The fraction of sp³-hybridized carbons (Fsp3) is 0.481. The molecule has 7 N–H and O–H groups in total. The van der Waals surface area contributed by atoms with Crippen LogP contribution in [0.1, 0.15) is 30.4 Å². The lowest BCUT2D eigenvalue weighted by Gasteiger charge is -2.50. The first kappa shape index (κ1) is 33.3. The maximum absolute atomic E-state index is 15.4. The summed E-state index contributed by atoms with van der Waals surface area (Å²) in [6, 6.07) is -0.292. The monoisotopic (exact) mass is 630 g/mol. The van der Waals surface area contributed by atoms with Crippen molar-refractivity contribution in [2.75, 3.05) is 39.0 Å². The molecule has 0 spiro atoms. The van der Waals surface area contributed by atoms with Crippen molar-refractivity contribution in [1.82, 2.24) is 9.80 Å². The third-order valence-corrected chi connectivity index (χ3v) is 8.51. The summed E-state index contributed by atoms with van der Waals surface area (Å²) in [6.07, 6.45) is 1.56. The summed E-state index contributed by atoms with van der Waals surface area (Å²) in [5.74, 6) is -9.61. The van der Waals surface area contributed by atoms with Gasteiger partial charge in [0.1, 0.15) is 22.9 Å². The van der Waals surface area contributed by atoms with E-state index in [1.807, 2.05) is 4.90 Å². The number of halogens is 3. The molecule has 0 radical (unpaired) electrons. The number of aliphatic hydroxyl groups excluding tert-OH is 2. The predicted octanol–water partition coefficient (Wildman–Crippen LogP) is 0.981. The van der Waals surface area contributed by atoms with Gasteiger partial charge in [-0.3, -0.25) is 29.0 Å². The summed E-state index contributed by atoms with van der Waals surface area (Å²) >= 11 is 0. The lowest BCUT2D eigenvalue weighted by atomic mass is 9.57. The molecule has 0 aromatic heterocycles. The van der Waals surface area contributed by atoms with E-state index in [9.17, 15) is 39.6 Å². The molecule has 4 atom stereocenters. The number of anilines is 1. The Bertz CT molecular complexity index is 1420. The van der Waals surface area contributed by atoms with E-state index in [0.717, 1.165) is 32.0 Å². The number of benzene rings is 1. The quantitative estimate of drug-likeness (QED) is 0.202. The average molecular weight is 631 g/mol. The number of carbonyl (C=O) groups excluding carboxylic acids is 4. The average Bonchev–Trinajstić information content (AvgIpc) is 3.37. The van der Waals surface area contributed by atoms with E-state index in [2.05, 4.69) is 5.32 Å². The molecule has 42 heavy (non-hydrogen) atoms. The van der Waals surface area contributed by atoms with Gasteiger partial charge in [-0.15, -0.1) is 24.8 Å². The molecule has 3 aliphatic carbocycles. The zero-order chi connectivity index (χ0) is 29.3. The van der Waals surface area contributed by atoms with Crippen molar-refractivity contribution >= 4 is 59.6 Å². The number of fused-ring (bicyclic) bond motifs is 3. The third kappa shape index (κ3) is 4.92. The van der Waals surface area contributed by atoms with Crippen LogP contribution >= 0.6 is 24.8 Å². The van der Waals surface area contributed by atoms with Crippen LogP contribution in [0, 0.1) is 17.7 Å². The number of Topliss-reactive ketones (excluding diaryl/α,β-unsaturated/α-hetero) is 2. The number of nitrogens with zero attached hydrogens (tertiary/aromatic N) is 2. The van der Waals surface area contributed by atoms with Gasteiger partial charge >= 0.3 is 0 Å². The maximum atomic E-state index is 15.4. The van der Waals surface area contributed by atoms with Gasteiger partial charge in [-0.1, -0.05) is 0 Å². The molecule has 4 aliphatic rings.